The molecule has 8 heteroatoms. The van der Waals surface area contributed by atoms with Crippen molar-refractivity contribution < 1.29 is 9.53 Å². The predicted molar refractivity (Wildman–Crippen MR) is 137 cm³/mol. The molecule has 4 rings (SSSR count). The molecular formula is C26H32ClN5O2. The number of methoxy groups -OCH3 is 1. The van der Waals surface area contributed by atoms with Crippen LogP contribution in [-0.2, 0) is 10.4 Å². The standard InChI is InChI=1S/C26H32ClN5O2/c1-15-6-7-19(30-24(33)22-16(2)12-18(27)14-29-22)13-21(15)26(31-17(3)23(28)32-26)25(4)10-8-20(34-5)9-11-25/h6-7,12-14,20H,8-11H2,1-5H3,(H2,28,32)(H,30,33)/t20-,25-,26?. The van der Waals surface area contributed by atoms with E-state index in [2.05, 4.69) is 17.2 Å². The molecule has 0 saturated heterocycles. The Hall–Kier alpha value is -2.77. The number of carbonyl (C=O) groups is 1. The Morgan fingerprint density at radius 2 is 1.85 bits per heavy atom. The number of nitrogens with one attached hydrogen (secondary N) is 1. The molecule has 3 N–H and O–H groups in total. The summed E-state index contributed by atoms with van der Waals surface area (Å²) in [6.07, 6.45) is 5.42. The van der Waals surface area contributed by atoms with Crippen molar-refractivity contribution in [1.82, 2.24) is 4.98 Å². The zero-order chi connectivity index (χ0) is 24.7. The third kappa shape index (κ3) is 4.23. The molecule has 1 aromatic carbocycles. The number of ether oxygens (including phenoxy) is 1. The van der Waals surface area contributed by atoms with Crippen molar-refractivity contribution in [2.45, 2.75) is 65.1 Å². The Kier molecular flexibility index (Phi) is 6.53. The molecule has 1 aliphatic carbocycles. The van der Waals surface area contributed by atoms with Gasteiger partial charge in [-0.05, 0) is 75.8 Å². The smallest absolute Gasteiger partial charge is 0.274 e. The summed E-state index contributed by atoms with van der Waals surface area (Å²) in [4.78, 5) is 27.3. The van der Waals surface area contributed by atoms with Gasteiger partial charge in [0.25, 0.3) is 5.91 Å². The van der Waals surface area contributed by atoms with E-state index < -0.39 is 5.66 Å². The highest BCUT2D eigenvalue weighted by atomic mass is 35.5. The first-order valence-electron chi connectivity index (χ1n) is 11.6. The number of amides is 1. The quantitative estimate of drug-likeness (QED) is 0.613. The molecule has 1 atom stereocenters. The molecule has 1 saturated carbocycles. The maximum atomic E-state index is 13.0. The minimum Gasteiger partial charge on any atom is -0.382 e. The van der Waals surface area contributed by atoms with Crippen molar-refractivity contribution in [3.05, 3.63) is 57.9 Å². The van der Waals surface area contributed by atoms with Crippen molar-refractivity contribution in [2.75, 3.05) is 12.4 Å². The van der Waals surface area contributed by atoms with Gasteiger partial charge in [-0.1, -0.05) is 24.6 Å². The van der Waals surface area contributed by atoms with E-state index in [1.165, 1.54) is 6.20 Å². The number of rotatable bonds is 5. The number of hydrogen-bond donors (Lipinski definition) is 2. The fraction of sp³-hybridized carbons (Fsp3) is 0.462. The third-order valence-corrected chi connectivity index (χ3v) is 7.53. The van der Waals surface area contributed by atoms with Crippen LogP contribution in [0.1, 0.15) is 66.7 Å². The summed E-state index contributed by atoms with van der Waals surface area (Å²) in [6, 6.07) is 7.58. The van der Waals surface area contributed by atoms with Gasteiger partial charge in [-0.15, -0.1) is 0 Å². The van der Waals surface area contributed by atoms with E-state index in [4.69, 9.17) is 32.1 Å². The zero-order valence-corrected chi connectivity index (χ0v) is 21.2. The van der Waals surface area contributed by atoms with Gasteiger partial charge in [-0.2, -0.15) is 0 Å². The molecular weight excluding hydrogens is 450 g/mol. The fourth-order valence-corrected chi connectivity index (χ4v) is 5.36. The summed E-state index contributed by atoms with van der Waals surface area (Å²) in [5.74, 6) is 0.170. The molecule has 34 heavy (non-hydrogen) atoms. The number of aryl methyl sites for hydroxylation is 2. The Bertz CT molecular complexity index is 1160. The van der Waals surface area contributed by atoms with Gasteiger partial charge in [-0.25, -0.2) is 9.98 Å². The average Bonchev–Trinajstić information content (AvgIpc) is 3.11. The number of hydrogen-bond acceptors (Lipinski definition) is 6. The van der Waals surface area contributed by atoms with E-state index in [9.17, 15) is 4.79 Å². The monoisotopic (exact) mass is 481 g/mol. The number of nitrogens with zero attached hydrogens (tertiary/aromatic N) is 3. The van der Waals surface area contributed by atoms with Gasteiger partial charge in [0.2, 0.25) is 0 Å². The number of amidine groups is 1. The summed E-state index contributed by atoms with van der Waals surface area (Å²) < 4.78 is 5.62. The summed E-state index contributed by atoms with van der Waals surface area (Å²) in [5.41, 5.74) is 9.64. The van der Waals surface area contributed by atoms with Crippen LogP contribution in [0.25, 0.3) is 0 Å². The second-order valence-corrected chi connectivity index (χ2v) is 10.1. The Balaban J connectivity index is 1.74. The van der Waals surface area contributed by atoms with Crippen LogP contribution in [0.5, 0.6) is 0 Å². The lowest BCUT2D eigenvalue weighted by atomic mass is 9.64. The van der Waals surface area contributed by atoms with Gasteiger partial charge in [0.05, 0.1) is 16.8 Å². The molecule has 1 unspecified atom stereocenters. The minimum atomic E-state index is -0.848. The van der Waals surface area contributed by atoms with Crippen LogP contribution in [0, 0.1) is 19.3 Å². The van der Waals surface area contributed by atoms with Crippen LogP contribution in [0.4, 0.5) is 5.69 Å². The van der Waals surface area contributed by atoms with E-state index in [0.717, 1.165) is 42.5 Å². The van der Waals surface area contributed by atoms with Crippen LogP contribution in [0.15, 0.2) is 40.4 Å². The number of anilines is 1. The molecule has 0 spiro atoms. The number of pyridine rings is 1. The number of benzene rings is 1. The maximum Gasteiger partial charge on any atom is 0.274 e. The van der Waals surface area contributed by atoms with E-state index in [1.54, 1.807) is 13.2 Å². The van der Waals surface area contributed by atoms with E-state index in [0.29, 0.717) is 27.8 Å². The second kappa shape index (κ2) is 9.12. The SMILES string of the molecule is CO[C@H]1CC[C@](C)(C2(c3cc(NC(=O)c4ncc(Cl)cc4C)ccc3C)N=C(C)C(N)=N2)CC1. The van der Waals surface area contributed by atoms with Gasteiger partial charge in [0.1, 0.15) is 11.5 Å². The molecule has 1 aromatic heterocycles. The van der Waals surface area contributed by atoms with Crippen LogP contribution in [-0.4, -0.2) is 35.7 Å². The lowest BCUT2D eigenvalue weighted by Crippen LogP contribution is -2.44. The third-order valence-electron chi connectivity index (χ3n) is 7.32. The molecule has 1 amide bonds. The number of halogens is 1. The number of aliphatic imine (C=N–C) groups is 2. The van der Waals surface area contributed by atoms with E-state index >= 15 is 0 Å². The van der Waals surface area contributed by atoms with Crippen molar-refractivity contribution in [2.24, 2.45) is 21.1 Å². The molecule has 7 nitrogen and oxygen atoms in total. The molecule has 180 valence electrons. The largest absolute Gasteiger partial charge is 0.382 e. The summed E-state index contributed by atoms with van der Waals surface area (Å²) in [6.45, 7) is 8.00. The molecule has 2 aromatic rings. The first-order chi connectivity index (χ1) is 16.1. The first-order valence-corrected chi connectivity index (χ1v) is 12.0. The lowest BCUT2D eigenvalue weighted by Gasteiger charge is -2.47. The van der Waals surface area contributed by atoms with Crippen molar-refractivity contribution >= 4 is 34.7 Å². The topological polar surface area (TPSA) is 102 Å². The predicted octanol–water partition coefficient (Wildman–Crippen LogP) is 5.18. The molecule has 0 radical (unpaired) electrons. The van der Waals surface area contributed by atoms with Crippen LogP contribution < -0.4 is 11.1 Å². The molecule has 2 aliphatic rings. The second-order valence-electron chi connectivity index (χ2n) is 9.67. The molecule has 2 heterocycles. The molecule has 0 bridgehead atoms. The molecule has 1 fully saturated rings. The Morgan fingerprint density at radius 3 is 2.44 bits per heavy atom. The van der Waals surface area contributed by atoms with Gasteiger partial charge < -0.3 is 15.8 Å². The normalized spacial score (nSPS) is 26.7. The number of nitrogens with two attached hydrogens (primary N) is 1. The maximum absolute atomic E-state index is 13.0. The van der Waals surface area contributed by atoms with Gasteiger partial charge >= 0.3 is 0 Å². The zero-order valence-electron chi connectivity index (χ0n) is 20.4. The average molecular weight is 482 g/mol. The van der Waals surface area contributed by atoms with Crippen molar-refractivity contribution in [3.8, 4) is 0 Å². The van der Waals surface area contributed by atoms with Crippen LogP contribution in [0.2, 0.25) is 5.02 Å². The highest BCUT2D eigenvalue weighted by Crippen LogP contribution is 2.55. The van der Waals surface area contributed by atoms with Gasteiger partial charge in [-0.3, -0.25) is 9.79 Å². The number of aromatic nitrogens is 1. The Labute approximate surface area is 205 Å². The molecule has 1 aliphatic heterocycles. The highest BCUT2D eigenvalue weighted by Gasteiger charge is 2.54. The lowest BCUT2D eigenvalue weighted by molar-refractivity contribution is 0.00120. The van der Waals surface area contributed by atoms with Crippen LogP contribution >= 0.6 is 11.6 Å². The van der Waals surface area contributed by atoms with Crippen molar-refractivity contribution in [1.29, 1.82) is 0 Å². The van der Waals surface area contributed by atoms with E-state index in [1.807, 2.05) is 39.0 Å². The Morgan fingerprint density at radius 1 is 1.15 bits per heavy atom. The van der Waals surface area contributed by atoms with Gasteiger partial charge in [0, 0.05) is 30.0 Å². The summed E-state index contributed by atoms with van der Waals surface area (Å²) in [7, 11) is 1.77. The fourth-order valence-electron chi connectivity index (χ4n) is 5.15. The summed E-state index contributed by atoms with van der Waals surface area (Å²) in [5, 5.41) is 3.48. The number of carbonyl (C=O) groups excluding carboxylic acids is 1. The minimum absolute atomic E-state index is 0.244. The van der Waals surface area contributed by atoms with E-state index in [-0.39, 0.29) is 17.4 Å². The highest BCUT2D eigenvalue weighted by molar-refractivity contribution is 6.41. The first kappa shape index (κ1) is 24.4. The van der Waals surface area contributed by atoms with Crippen molar-refractivity contribution in [3.63, 3.8) is 0 Å². The van der Waals surface area contributed by atoms with Gasteiger partial charge in [0.15, 0.2) is 5.66 Å². The van der Waals surface area contributed by atoms with Crippen LogP contribution in [0.3, 0.4) is 0 Å². The summed E-state index contributed by atoms with van der Waals surface area (Å²) >= 11 is 6.00.